The van der Waals surface area contributed by atoms with Gasteiger partial charge in [-0.2, -0.15) is 5.10 Å². The number of benzene rings is 3. The second kappa shape index (κ2) is 11.2. The monoisotopic (exact) mass is 442 g/mol. The lowest BCUT2D eigenvalue weighted by Gasteiger charge is -2.11. The lowest BCUT2D eigenvalue weighted by Crippen LogP contribution is -2.17. The Kier molecular flexibility index (Phi) is 8.12. The van der Waals surface area contributed by atoms with Crippen LogP contribution in [0.2, 0.25) is 10.0 Å². The Morgan fingerprint density at radius 1 is 0.900 bits per heavy atom. The van der Waals surface area contributed by atoms with E-state index in [9.17, 15) is 4.79 Å². The Morgan fingerprint density at radius 3 is 2.37 bits per heavy atom. The Bertz CT molecular complexity index is 1010. The molecular formula is C23H20Cl2N2O3. The van der Waals surface area contributed by atoms with Crippen molar-refractivity contribution < 1.29 is 14.3 Å². The third-order valence-corrected chi connectivity index (χ3v) is 4.57. The van der Waals surface area contributed by atoms with Crippen LogP contribution in [0.4, 0.5) is 0 Å². The molecule has 0 heterocycles. The highest BCUT2D eigenvalue weighted by atomic mass is 35.5. The minimum absolute atomic E-state index is 0.298. The van der Waals surface area contributed by atoms with E-state index < -0.39 is 0 Å². The van der Waals surface area contributed by atoms with Crippen LogP contribution in [-0.2, 0) is 0 Å². The molecule has 0 aliphatic rings. The van der Waals surface area contributed by atoms with Crippen molar-refractivity contribution in [1.82, 2.24) is 5.43 Å². The van der Waals surface area contributed by atoms with E-state index in [4.69, 9.17) is 32.7 Å². The molecule has 1 N–H and O–H groups in total. The number of carbonyl (C=O) groups excluding carboxylic acids is 1. The molecule has 0 aliphatic heterocycles. The van der Waals surface area contributed by atoms with Gasteiger partial charge >= 0.3 is 0 Å². The van der Waals surface area contributed by atoms with Gasteiger partial charge in [-0.25, -0.2) is 5.43 Å². The molecule has 3 rings (SSSR count). The summed E-state index contributed by atoms with van der Waals surface area (Å²) >= 11 is 12.1. The third kappa shape index (κ3) is 6.51. The van der Waals surface area contributed by atoms with E-state index in [1.165, 1.54) is 6.21 Å². The third-order valence-electron chi connectivity index (χ3n) is 4.02. The first kappa shape index (κ1) is 21.7. The summed E-state index contributed by atoms with van der Waals surface area (Å²) < 4.78 is 11.5. The van der Waals surface area contributed by atoms with Gasteiger partial charge in [0.05, 0.1) is 24.5 Å². The number of hydrogen-bond acceptors (Lipinski definition) is 4. The molecule has 0 saturated heterocycles. The summed E-state index contributed by atoms with van der Waals surface area (Å²) in [5.41, 5.74) is 3.67. The van der Waals surface area contributed by atoms with Crippen molar-refractivity contribution in [3.8, 4) is 11.5 Å². The number of amides is 1. The molecule has 0 aromatic heterocycles. The molecule has 3 aromatic carbocycles. The summed E-state index contributed by atoms with van der Waals surface area (Å²) in [6, 6.07) is 21.4. The molecule has 3 aromatic rings. The first-order valence-electron chi connectivity index (χ1n) is 9.31. The molecule has 5 nitrogen and oxygen atoms in total. The van der Waals surface area contributed by atoms with Crippen LogP contribution >= 0.6 is 23.2 Å². The minimum atomic E-state index is -0.298. The van der Waals surface area contributed by atoms with Crippen LogP contribution in [0.25, 0.3) is 0 Å². The Morgan fingerprint density at radius 2 is 1.60 bits per heavy atom. The standard InChI is InChI=1S/C23H20Cl2N2O3/c24-19-11-12-21(29-13-6-14-30-22-10-5-4-9-20(22)25)18(15-19)16-26-27-23(28)17-7-2-1-3-8-17/h1-5,7-12,15-16H,6,13-14H2,(H,27,28). The predicted molar refractivity (Wildman–Crippen MR) is 120 cm³/mol. The van der Waals surface area contributed by atoms with Gasteiger partial charge < -0.3 is 9.47 Å². The molecule has 0 saturated carbocycles. The van der Waals surface area contributed by atoms with E-state index in [2.05, 4.69) is 10.5 Å². The number of rotatable bonds is 9. The fraction of sp³-hybridized carbons (Fsp3) is 0.130. The Labute approximate surface area is 185 Å². The van der Waals surface area contributed by atoms with Gasteiger partial charge in [-0.1, -0.05) is 53.5 Å². The molecular weight excluding hydrogens is 423 g/mol. The van der Waals surface area contributed by atoms with Crippen molar-refractivity contribution >= 4 is 35.3 Å². The van der Waals surface area contributed by atoms with Crippen molar-refractivity contribution in [2.75, 3.05) is 13.2 Å². The lowest BCUT2D eigenvalue weighted by atomic mass is 10.2. The highest BCUT2D eigenvalue weighted by molar-refractivity contribution is 6.32. The number of hydrazone groups is 1. The lowest BCUT2D eigenvalue weighted by molar-refractivity contribution is 0.0955. The van der Waals surface area contributed by atoms with Crippen molar-refractivity contribution in [3.63, 3.8) is 0 Å². The van der Waals surface area contributed by atoms with Crippen molar-refractivity contribution in [2.24, 2.45) is 5.10 Å². The smallest absolute Gasteiger partial charge is 0.271 e. The van der Waals surface area contributed by atoms with Crippen molar-refractivity contribution in [2.45, 2.75) is 6.42 Å². The molecule has 0 bridgehead atoms. The number of hydrogen-bond donors (Lipinski definition) is 1. The summed E-state index contributed by atoms with van der Waals surface area (Å²) in [4.78, 5) is 12.1. The molecule has 0 atom stereocenters. The molecule has 7 heteroatoms. The quantitative estimate of drug-likeness (QED) is 0.266. The number of nitrogens with one attached hydrogen (secondary N) is 1. The van der Waals surface area contributed by atoms with E-state index in [1.54, 1.807) is 48.5 Å². The number of carbonyl (C=O) groups is 1. The van der Waals surface area contributed by atoms with E-state index in [0.717, 1.165) is 0 Å². The zero-order valence-electron chi connectivity index (χ0n) is 16.1. The molecule has 0 radical (unpaired) electrons. The van der Waals surface area contributed by atoms with Crippen LogP contribution in [0.1, 0.15) is 22.3 Å². The molecule has 0 unspecified atom stereocenters. The molecule has 154 valence electrons. The summed E-state index contributed by atoms with van der Waals surface area (Å²) in [5, 5.41) is 5.13. The van der Waals surface area contributed by atoms with Gasteiger partial charge in [0.1, 0.15) is 11.5 Å². The summed E-state index contributed by atoms with van der Waals surface area (Å²) in [5.74, 6) is 0.954. The average Bonchev–Trinajstić information content (AvgIpc) is 2.76. The van der Waals surface area contributed by atoms with Crippen molar-refractivity contribution in [1.29, 1.82) is 0 Å². The average molecular weight is 443 g/mol. The van der Waals surface area contributed by atoms with Gasteiger partial charge in [0.15, 0.2) is 0 Å². The fourth-order valence-corrected chi connectivity index (χ4v) is 2.92. The van der Waals surface area contributed by atoms with E-state index in [1.807, 2.05) is 24.3 Å². The van der Waals surface area contributed by atoms with E-state index >= 15 is 0 Å². The largest absolute Gasteiger partial charge is 0.493 e. The number of nitrogens with zero attached hydrogens (tertiary/aromatic N) is 1. The summed E-state index contributed by atoms with van der Waals surface area (Å²) in [6.45, 7) is 0.900. The van der Waals surface area contributed by atoms with Crippen LogP contribution in [0.5, 0.6) is 11.5 Å². The van der Waals surface area contributed by atoms with E-state index in [-0.39, 0.29) is 5.91 Å². The predicted octanol–water partition coefficient (Wildman–Crippen LogP) is 5.61. The maximum atomic E-state index is 12.1. The summed E-state index contributed by atoms with van der Waals surface area (Å²) in [7, 11) is 0. The highest BCUT2D eigenvalue weighted by Crippen LogP contribution is 2.24. The second-order valence-electron chi connectivity index (χ2n) is 6.23. The number of halogens is 2. The first-order chi connectivity index (χ1) is 14.6. The SMILES string of the molecule is O=C(NN=Cc1cc(Cl)ccc1OCCCOc1ccccc1Cl)c1ccccc1. The molecule has 0 fully saturated rings. The zero-order chi connectivity index (χ0) is 21.2. The minimum Gasteiger partial charge on any atom is -0.493 e. The first-order valence-corrected chi connectivity index (χ1v) is 10.1. The number of ether oxygens (including phenoxy) is 2. The van der Waals surface area contributed by atoms with Crippen LogP contribution in [-0.4, -0.2) is 25.3 Å². The molecule has 0 aliphatic carbocycles. The van der Waals surface area contributed by atoms with Crippen LogP contribution in [0, 0.1) is 0 Å². The van der Waals surface area contributed by atoms with Crippen LogP contribution < -0.4 is 14.9 Å². The van der Waals surface area contributed by atoms with Gasteiger partial charge in [0.25, 0.3) is 5.91 Å². The van der Waals surface area contributed by atoms with Gasteiger partial charge in [0, 0.05) is 22.6 Å². The maximum Gasteiger partial charge on any atom is 0.271 e. The highest BCUT2D eigenvalue weighted by Gasteiger charge is 2.06. The second-order valence-corrected chi connectivity index (χ2v) is 7.07. The Hall–Kier alpha value is -3.02. The molecule has 30 heavy (non-hydrogen) atoms. The molecule has 0 spiro atoms. The zero-order valence-corrected chi connectivity index (χ0v) is 17.6. The fourth-order valence-electron chi connectivity index (χ4n) is 2.55. The molecule has 1 amide bonds. The van der Waals surface area contributed by atoms with Gasteiger partial charge in [-0.05, 0) is 42.5 Å². The summed E-state index contributed by atoms with van der Waals surface area (Å²) in [6.07, 6.45) is 2.16. The maximum absolute atomic E-state index is 12.1. The normalized spacial score (nSPS) is 10.7. The Balaban J connectivity index is 1.52. The van der Waals surface area contributed by atoms with Crippen LogP contribution in [0.3, 0.4) is 0 Å². The van der Waals surface area contributed by atoms with Gasteiger partial charge in [-0.15, -0.1) is 0 Å². The van der Waals surface area contributed by atoms with Gasteiger partial charge in [-0.3, -0.25) is 4.79 Å². The number of para-hydroxylation sites is 1. The van der Waals surface area contributed by atoms with Crippen LogP contribution in [0.15, 0.2) is 77.9 Å². The van der Waals surface area contributed by atoms with Crippen molar-refractivity contribution in [3.05, 3.63) is 94.0 Å². The van der Waals surface area contributed by atoms with E-state index in [0.29, 0.717) is 52.3 Å². The topological polar surface area (TPSA) is 59.9 Å². The van der Waals surface area contributed by atoms with Gasteiger partial charge in [0.2, 0.25) is 0 Å².